The summed E-state index contributed by atoms with van der Waals surface area (Å²) in [5, 5.41) is 3.10. The summed E-state index contributed by atoms with van der Waals surface area (Å²) < 4.78 is 5.71. The molecule has 0 unspecified atom stereocenters. The van der Waals surface area contributed by atoms with Gasteiger partial charge in [0.25, 0.3) is 0 Å². The van der Waals surface area contributed by atoms with Gasteiger partial charge in [-0.15, -0.1) is 4.91 Å². The van der Waals surface area contributed by atoms with E-state index in [0.29, 0.717) is 11.3 Å². The van der Waals surface area contributed by atoms with E-state index in [1.165, 1.54) is 12.1 Å². The van der Waals surface area contributed by atoms with Crippen LogP contribution in [-0.4, -0.2) is 0 Å². The third kappa shape index (κ3) is 2.01. The molecule has 1 aliphatic carbocycles. The summed E-state index contributed by atoms with van der Waals surface area (Å²) in [6, 6.07) is 6.24. The molecule has 1 aromatic heterocycles. The molecule has 1 aromatic carbocycles. The van der Waals surface area contributed by atoms with Crippen LogP contribution in [0.2, 0.25) is 0 Å². The Labute approximate surface area is 109 Å². The van der Waals surface area contributed by atoms with Crippen LogP contribution in [0.15, 0.2) is 56.9 Å². The van der Waals surface area contributed by atoms with Crippen LogP contribution >= 0.6 is 0 Å². The van der Waals surface area contributed by atoms with Gasteiger partial charge in [-0.3, -0.25) is 4.79 Å². The van der Waals surface area contributed by atoms with Crippen molar-refractivity contribution in [2.75, 3.05) is 0 Å². The SMILES string of the molecule is O=Nc1cccc2oc(C3=CCCC=C3)cc(=O)c12. The Morgan fingerprint density at radius 3 is 2.84 bits per heavy atom. The summed E-state index contributed by atoms with van der Waals surface area (Å²) >= 11 is 0. The number of hydrogen-bond donors (Lipinski definition) is 0. The van der Waals surface area contributed by atoms with Crippen LogP contribution in [0.1, 0.15) is 18.6 Å². The number of fused-ring (bicyclic) bond motifs is 1. The van der Waals surface area contributed by atoms with E-state index in [4.69, 9.17) is 4.42 Å². The molecule has 2 aromatic rings. The van der Waals surface area contributed by atoms with Gasteiger partial charge in [0.1, 0.15) is 17.0 Å². The minimum absolute atomic E-state index is 0.117. The van der Waals surface area contributed by atoms with Crippen molar-refractivity contribution in [2.45, 2.75) is 12.8 Å². The first-order valence-electron chi connectivity index (χ1n) is 6.07. The largest absolute Gasteiger partial charge is 0.456 e. The zero-order valence-corrected chi connectivity index (χ0v) is 10.1. The summed E-state index contributed by atoms with van der Waals surface area (Å²) in [6.45, 7) is 0. The lowest BCUT2D eigenvalue weighted by Gasteiger charge is -2.07. The Balaban J connectivity index is 2.26. The third-order valence-corrected chi connectivity index (χ3v) is 3.11. The zero-order valence-electron chi connectivity index (χ0n) is 10.1. The smallest absolute Gasteiger partial charge is 0.195 e. The van der Waals surface area contributed by atoms with Crippen LogP contribution in [0, 0.1) is 4.91 Å². The maximum absolute atomic E-state index is 12.1. The molecule has 0 spiro atoms. The fraction of sp³-hybridized carbons (Fsp3) is 0.133. The highest BCUT2D eigenvalue weighted by molar-refractivity contribution is 5.89. The first-order chi connectivity index (χ1) is 9.29. The molecule has 0 atom stereocenters. The Morgan fingerprint density at radius 2 is 2.11 bits per heavy atom. The monoisotopic (exact) mass is 253 g/mol. The van der Waals surface area contributed by atoms with E-state index in [2.05, 4.69) is 5.18 Å². The molecule has 94 valence electrons. The lowest BCUT2D eigenvalue weighted by atomic mass is 10.0. The Morgan fingerprint density at radius 1 is 1.21 bits per heavy atom. The molecule has 19 heavy (non-hydrogen) atoms. The molecule has 0 fully saturated rings. The van der Waals surface area contributed by atoms with Gasteiger partial charge in [-0.05, 0) is 30.2 Å². The zero-order chi connectivity index (χ0) is 13.2. The fourth-order valence-corrected chi connectivity index (χ4v) is 2.21. The molecule has 0 radical (unpaired) electrons. The van der Waals surface area contributed by atoms with Crippen LogP contribution in [0.4, 0.5) is 5.69 Å². The normalized spacial score (nSPS) is 14.4. The molecule has 0 saturated heterocycles. The van der Waals surface area contributed by atoms with Crippen molar-refractivity contribution in [3.63, 3.8) is 0 Å². The molecule has 0 amide bonds. The van der Waals surface area contributed by atoms with Gasteiger partial charge < -0.3 is 4.42 Å². The summed E-state index contributed by atoms with van der Waals surface area (Å²) in [7, 11) is 0. The van der Waals surface area contributed by atoms with Gasteiger partial charge in [-0.1, -0.05) is 24.3 Å². The van der Waals surface area contributed by atoms with Crippen LogP contribution in [-0.2, 0) is 0 Å². The molecule has 4 nitrogen and oxygen atoms in total. The third-order valence-electron chi connectivity index (χ3n) is 3.11. The van der Waals surface area contributed by atoms with E-state index in [1.807, 2.05) is 18.2 Å². The number of allylic oxidation sites excluding steroid dienone is 4. The minimum Gasteiger partial charge on any atom is -0.456 e. The van der Waals surface area contributed by atoms with E-state index >= 15 is 0 Å². The standard InChI is InChI=1S/C15H11NO3/c17-12-9-14(10-5-2-1-3-6-10)19-13-8-4-7-11(16-18)15(12)13/h2,4-9H,1,3H2. The molecule has 0 N–H and O–H groups in total. The van der Waals surface area contributed by atoms with Crippen LogP contribution < -0.4 is 5.43 Å². The molecule has 0 aliphatic heterocycles. The van der Waals surface area contributed by atoms with E-state index < -0.39 is 0 Å². The summed E-state index contributed by atoms with van der Waals surface area (Å²) in [5.74, 6) is 0.525. The highest BCUT2D eigenvalue weighted by Gasteiger charge is 2.11. The van der Waals surface area contributed by atoms with Gasteiger partial charge in [0.2, 0.25) is 0 Å². The minimum atomic E-state index is -0.244. The topological polar surface area (TPSA) is 59.6 Å². The molecule has 4 heteroatoms. The predicted octanol–water partition coefficient (Wildman–Crippen LogP) is 3.92. The molecule has 1 aliphatic rings. The quantitative estimate of drug-likeness (QED) is 0.762. The average molecular weight is 253 g/mol. The van der Waals surface area contributed by atoms with E-state index in [1.54, 1.807) is 12.1 Å². The molecular formula is C15H11NO3. The van der Waals surface area contributed by atoms with E-state index in [-0.39, 0.29) is 16.5 Å². The lowest BCUT2D eigenvalue weighted by molar-refractivity contribution is 0.587. The average Bonchev–Trinajstić information content (AvgIpc) is 2.47. The van der Waals surface area contributed by atoms with Crippen molar-refractivity contribution in [2.24, 2.45) is 5.18 Å². The number of rotatable bonds is 2. The first kappa shape index (κ1) is 11.6. The highest BCUT2D eigenvalue weighted by atomic mass is 16.3. The van der Waals surface area contributed by atoms with Crippen LogP contribution in [0.3, 0.4) is 0 Å². The van der Waals surface area contributed by atoms with E-state index in [9.17, 15) is 9.70 Å². The van der Waals surface area contributed by atoms with Gasteiger partial charge in [-0.2, -0.15) is 0 Å². The maximum atomic E-state index is 12.1. The summed E-state index contributed by atoms with van der Waals surface area (Å²) in [5.41, 5.74) is 1.16. The summed E-state index contributed by atoms with van der Waals surface area (Å²) in [6.07, 6.45) is 7.95. The van der Waals surface area contributed by atoms with Crippen molar-refractivity contribution in [3.05, 3.63) is 63.4 Å². The van der Waals surface area contributed by atoms with Crippen LogP contribution in [0.5, 0.6) is 0 Å². The van der Waals surface area contributed by atoms with Crippen molar-refractivity contribution in [1.82, 2.24) is 0 Å². The lowest BCUT2D eigenvalue weighted by Crippen LogP contribution is -2.02. The molecule has 0 bridgehead atoms. The molecular weight excluding hydrogens is 242 g/mol. The second-order valence-corrected chi connectivity index (χ2v) is 4.36. The predicted molar refractivity (Wildman–Crippen MR) is 74.3 cm³/mol. The number of benzene rings is 1. The van der Waals surface area contributed by atoms with E-state index in [0.717, 1.165) is 18.4 Å². The Kier molecular flexibility index (Phi) is 2.83. The number of nitrogens with zero attached hydrogens (tertiary/aromatic N) is 1. The second kappa shape index (κ2) is 4.65. The summed E-state index contributed by atoms with van der Waals surface area (Å²) in [4.78, 5) is 22.8. The van der Waals surface area contributed by atoms with Gasteiger partial charge in [0.15, 0.2) is 5.43 Å². The molecule has 1 heterocycles. The van der Waals surface area contributed by atoms with Gasteiger partial charge >= 0.3 is 0 Å². The molecule has 3 rings (SSSR count). The molecule has 0 saturated carbocycles. The second-order valence-electron chi connectivity index (χ2n) is 4.36. The van der Waals surface area contributed by atoms with Crippen molar-refractivity contribution >= 4 is 22.2 Å². The van der Waals surface area contributed by atoms with Crippen LogP contribution in [0.25, 0.3) is 16.5 Å². The first-order valence-corrected chi connectivity index (χ1v) is 6.07. The van der Waals surface area contributed by atoms with Gasteiger partial charge in [-0.25, -0.2) is 0 Å². The highest BCUT2D eigenvalue weighted by Crippen LogP contribution is 2.27. The maximum Gasteiger partial charge on any atom is 0.195 e. The van der Waals surface area contributed by atoms with Crippen molar-refractivity contribution < 1.29 is 4.42 Å². The number of nitroso groups, excluding NO2 is 1. The van der Waals surface area contributed by atoms with Crippen molar-refractivity contribution in [1.29, 1.82) is 0 Å². The van der Waals surface area contributed by atoms with Crippen molar-refractivity contribution in [3.8, 4) is 0 Å². The fourth-order valence-electron chi connectivity index (χ4n) is 2.21. The Bertz CT molecular complexity index is 769. The Hall–Kier alpha value is -2.49. The van der Waals surface area contributed by atoms with Gasteiger partial charge in [0, 0.05) is 11.6 Å². The van der Waals surface area contributed by atoms with Gasteiger partial charge in [0.05, 0.1) is 5.39 Å². The number of hydrogen-bond acceptors (Lipinski definition) is 4.